The molecule has 0 bridgehead atoms. The minimum atomic E-state index is -0.126. The van der Waals surface area contributed by atoms with E-state index < -0.39 is 0 Å². The summed E-state index contributed by atoms with van der Waals surface area (Å²) in [7, 11) is 1.60. The van der Waals surface area contributed by atoms with Gasteiger partial charge in [0, 0.05) is 13.7 Å². The lowest BCUT2D eigenvalue weighted by atomic mass is 10.2. The number of ether oxygens (including phenoxy) is 1. The Hall–Kier alpha value is -2.14. The van der Waals surface area contributed by atoms with Crippen molar-refractivity contribution >= 4 is 5.91 Å². The van der Waals surface area contributed by atoms with E-state index in [9.17, 15) is 4.79 Å². The van der Waals surface area contributed by atoms with Crippen molar-refractivity contribution in [2.45, 2.75) is 13.8 Å². The molecule has 1 heterocycles. The summed E-state index contributed by atoms with van der Waals surface area (Å²) in [4.78, 5) is 12.0. The Balaban J connectivity index is 2.21. The van der Waals surface area contributed by atoms with Crippen LogP contribution in [0.4, 0.5) is 0 Å². The quantitative estimate of drug-likeness (QED) is 0.846. The summed E-state index contributed by atoms with van der Waals surface area (Å²) in [6, 6.07) is 8.01. The zero-order chi connectivity index (χ0) is 14.5. The lowest BCUT2D eigenvalue weighted by Crippen LogP contribution is -2.27. The summed E-state index contributed by atoms with van der Waals surface area (Å²) < 4.78 is 6.69. The zero-order valence-electron chi connectivity index (χ0n) is 12.0. The van der Waals surface area contributed by atoms with Crippen LogP contribution in [0.25, 0.3) is 5.69 Å². The molecule has 0 radical (unpaired) electrons. The predicted molar refractivity (Wildman–Crippen MR) is 77.2 cm³/mol. The fourth-order valence-corrected chi connectivity index (χ4v) is 2.01. The Morgan fingerprint density at radius 2 is 2.20 bits per heavy atom. The van der Waals surface area contributed by atoms with Crippen LogP contribution in [0.1, 0.15) is 21.6 Å². The SMILES string of the molecule is COCCNC(=O)c1cnn(-c2cccc(C)c2)c1C. The lowest BCUT2D eigenvalue weighted by Gasteiger charge is -2.07. The molecule has 2 rings (SSSR count). The molecular formula is C15H19N3O2. The minimum Gasteiger partial charge on any atom is -0.383 e. The Morgan fingerprint density at radius 1 is 1.40 bits per heavy atom. The number of carbonyl (C=O) groups excluding carboxylic acids is 1. The first-order valence-electron chi connectivity index (χ1n) is 6.52. The summed E-state index contributed by atoms with van der Waals surface area (Å²) in [5.74, 6) is -0.126. The summed E-state index contributed by atoms with van der Waals surface area (Å²) in [6.45, 7) is 4.91. The molecule has 0 spiro atoms. The number of nitrogens with zero attached hydrogens (tertiary/aromatic N) is 2. The molecule has 5 nitrogen and oxygen atoms in total. The van der Waals surface area contributed by atoms with Gasteiger partial charge in [0.15, 0.2) is 0 Å². The van der Waals surface area contributed by atoms with Crippen molar-refractivity contribution in [1.82, 2.24) is 15.1 Å². The number of methoxy groups -OCH3 is 1. The highest BCUT2D eigenvalue weighted by Crippen LogP contribution is 2.15. The number of hydrogen-bond donors (Lipinski definition) is 1. The van der Waals surface area contributed by atoms with Gasteiger partial charge in [0.25, 0.3) is 5.91 Å². The van der Waals surface area contributed by atoms with Crippen LogP contribution in [0.15, 0.2) is 30.5 Å². The molecule has 0 unspecified atom stereocenters. The first kappa shape index (κ1) is 14.3. The van der Waals surface area contributed by atoms with Crippen molar-refractivity contribution in [2.24, 2.45) is 0 Å². The van der Waals surface area contributed by atoms with Crippen LogP contribution in [0, 0.1) is 13.8 Å². The maximum Gasteiger partial charge on any atom is 0.254 e. The van der Waals surface area contributed by atoms with Crippen LogP contribution >= 0.6 is 0 Å². The molecule has 2 aromatic rings. The number of amides is 1. The maximum absolute atomic E-state index is 12.0. The first-order chi connectivity index (χ1) is 9.63. The molecule has 0 fully saturated rings. The summed E-state index contributed by atoms with van der Waals surface area (Å²) in [5.41, 5.74) is 3.52. The zero-order valence-corrected chi connectivity index (χ0v) is 12.0. The molecule has 0 aliphatic rings. The van der Waals surface area contributed by atoms with E-state index >= 15 is 0 Å². The van der Waals surface area contributed by atoms with Crippen molar-refractivity contribution in [3.63, 3.8) is 0 Å². The number of aryl methyl sites for hydroxylation is 1. The predicted octanol–water partition coefficient (Wildman–Crippen LogP) is 1.87. The van der Waals surface area contributed by atoms with Gasteiger partial charge < -0.3 is 10.1 Å². The van der Waals surface area contributed by atoms with Crippen LogP contribution in [0.5, 0.6) is 0 Å². The second-order valence-corrected chi connectivity index (χ2v) is 4.64. The van der Waals surface area contributed by atoms with Crippen LogP contribution in [0.3, 0.4) is 0 Å². The average molecular weight is 273 g/mol. The van der Waals surface area contributed by atoms with E-state index in [-0.39, 0.29) is 5.91 Å². The molecular weight excluding hydrogens is 254 g/mol. The van der Waals surface area contributed by atoms with Gasteiger partial charge in [0.1, 0.15) is 0 Å². The molecule has 0 aliphatic heterocycles. The topological polar surface area (TPSA) is 56.1 Å². The van der Waals surface area contributed by atoms with E-state index in [1.807, 2.05) is 38.1 Å². The first-order valence-corrected chi connectivity index (χ1v) is 6.52. The number of aromatic nitrogens is 2. The molecule has 5 heteroatoms. The van der Waals surface area contributed by atoms with Gasteiger partial charge in [0.05, 0.1) is 29.7 Å². The van der Waals surface area contributed by atoms with Gasteiger partial charge in [-0.25, -0.2) is 4.68 Å². The molecule has 1 amide bonds. The molecule has 106 valence electrons. The van der Waals surface area contributed by atoms with Crippen LogP contribution in [0.2, 0.25) is 0 Å². The Bertz CT molecular complexity index is 605. The van der Waals surface area contributed by atoms with Crippen molar-refractivity contribution in [1.29, 1.82) is 0 Å². The number of rotatable bonds is 5. The Kier molecular flexibility index (Phi) is 4.53. The van der Waals surface area contributed by atoms with Crippen molar-refractivity contribution in [3.05, 3.63) is 47.3 Å². The highest BCUT2D eigenvalue weighted by atomic mass is 16.5. The Labute approximate surface area is 118 Å². The molecule has 0 aliphatic carbocycles. The number of benzene rings is 1. The van der Waals surface area contributed by atoms with Crippen molar-refractivity contribution in [3.8, 4) is 5.69 Å². The third kappa shape index (κ3) is 3.05. The highest BCUT2D eigenvalue weighted by molar-refractivity contribution is 5.95. The van der Waals surface area contributed by atoms with Crippen LogP contribution in [-0.2, 0) is 4.74 Å². The number of carbonyl (C=O) groups is 1. The molecule has 1 aromatic heterocycles. The molecule has 20 heavy (non-hydrogen) atoms. The second-order valence-electron chi connectivity index (χ2n) is 4.64. The van der Waals surface area contributed by atoms with Gasteiger partial charge in [-0.3, -0.25) is 4.79 Å². The van der Waals surface area contributed by atoms with E-state index in [0.717, 1.165) is 16.9 Å². The molecule has 1 N–H and O–H groups in total. The van der Waals surface area contributed by atoms with E-state index in [1.165, 1.54) is 0 Å². The molecule has 0 saturated heterocycles. The van der Waals surface area contributed by atoms with Gasteiger partial charge in [-0.2, -0.15) is 5.10 Å². The van der Waals surface area contributed by atoms with Gasteiger partial charge >= 0.3 is 0 Å². The third-order valence-electron chi connectivity index (χ3n) is 3.09. The molecule has 0 atom stereocenters. The monoisotopic (exact) mass is 273 g/mol. The van der Waals surface area contributed by atoms with E-state index in [4.69, 9.17) is 4.74 Å². The lowest BCUT2D eigenvalue weighted by molar-refractivity contribution is 0.0936. The van der Waals surface area contributed by atoms with Gasteiger partial charge in [-0.1, -0.05) is 12.1 Å². The number of nitrogens with one attached hydrogen (secondary N) is 1. The summed E-state index contributed by atoms with van der Waals surface area (Å²) in [5, 5.41) is 7.10. The fraction of sp³-hybridized carbons (Fsp3) is 0.333. The number of hydrogen-bond acceptors (Lipinski definition) is 3. The summed E-state index contributed by atoms with van der Waals surface area (Å²) in [6.07, 6.45) is 1.60. The standard InChI is InChI=1S/C15H19N3O2/c1-11-5-4-6-13(9-11)18-12(2)14(10-17-18)15(19)16-7-8-20-3/h4-6,9-10H,7-8H2,1-3H3,(H,16,19). The van der Waals surface area contributed by atoms with E-state index in [1.54, 1.807) is 18.0 Å². The van der Waals surface area contributed by atoms with Crippen molar-refractivity contribution < 1.29 is 9.53 Å². The third-order valence-corrected chi connectivity index (χ3v) is 3.09. The molecule has 0 saturated carbocycles. The van der Waals surface area contributed by atoms with Crippen molar-refractivity contribution in [2.75, 3.05) is 20.3 Å². The van der Waals surface area contributed by atoms with Crippen LogP contribution in [-0.4, -0.2) is 35.9 Å². The highest BCUT2D eigenvalue weighted by Gasteiger charge is 2.14. The Morgan fingerprint density at radius 3 is 2.90 bits per heavy atom. The normalized spacial score (nSPS) is 10.6. The van der Waals surface area contributed by atoms with E-state index in [0.29, 0.717) is 18.7 Å². The smallest absolute Gasteiger partial charge is 0.254 e. The van der Waals surface area contributed by atoms with Gasteiger partial charge in [0.2, 0.25) is 0 Å². The van der Waals surface area contributed by atoms with E-state index in [2.05, 4.69) is 10.4 Å². The second kappa shape index (κ2) is 6.34. The van der Waals surface area contributed by atoms with Crippen LogP contribution < -0.4 is 5.32 Å². The van der Waals surface area contributed by atoms with Gasteiger partial charge in [-0.15, -0.1) is 0 Å². The minimum absolute atomic E-state index is 0.126. The summed E-state index contributed by atoms with van der Waals surface area (Å²) >= 11 is 0. The van der Waals surface area contributed by atoms with Gasteiger partial charge in [-0.05, 0) is 31.5 Å². The molecule has 1 aromatic carbocycles. The fourth-order valence-electron chi connectivity index (χ4n) is 2.01. The largest absolute Gasteiger partial charge is 0.383 e. The maximum atomic E-state index is 12.0. The average Bonchev–Trinajstić information content (AvgIpc) is 2.81.